The average Bonchev–Trinajstić information content (AvgIpc) is 2.73. The van der Waals surface area contributed by atoms with Gasteiger partial charge in [-0.15, -0.1) is 0 Å². The lowest BCUT2D eigenvalue weighted by Crippen LogP contribution is -2.25. The van der Waals surface area contributed by atoms with E-state index in [0.29, 0.717) is 0 Å². The van der Waals surface area contributed by atoms with Gasteiger partial charge in [0, 0.05) is 16.3 Å². The SMILES string of the molecule is OC1CCc2cc3c(nc2N1)[nH]c1ccccc13. The lowest BCUT2D eigenvalue weighted by Gasteiger charge is -2.21. The molecule has 0 amide bonds. The number of hydrogen-bond acceptors (Lipinski definition) is 3. The standard InChI is InChI=1S/C14H13N3O/c18-12-6-5-8-7-10-9-3-1-2-4-11(9)15-14(10)17-13(8)16-12/h1-4,7,12,18H,5-6H2,(H2,15,16,17). The molecule has 1 aliphatic heterocycles. The Balaban J connectivity index is 2.04. The zero-order valence-corrected chi connectivity index (χ0v) is 9.77. The van der Waals surface area contributed by atoms with Gasteiger partial charge >= 0.3 is 0 Å². The molecule has 1 unspecified atom stereocenters. The first-order chi connectivity index (χ1) is 8.81. The van der Waals surface area contributed by atoms with Gasteiger partial charge in [-0.1, -0.05) is 18.2 Å². The number of anilines is 1. The first kappa shape index (κ1) is 9.91. The summed E-state index contributed by atoms with van der Waals surface area (Å²) < 4.78 is 0. The Kier molecular flexibility index (Phi) is 1.91. The van der Waals surface area contributed by atoms with Gasteiger partial charge in [-0.25, -0.2) is 4.98 Å². The Morgan fingerprint density at radius 2 is 2.11 bits per heavy atom. The van der Waals surface area contributed by atoms with E-state index in [2.05, 4.69) is 33.5 Å². The molecule has 4 heteroatoms. The van der Waals surface area contributed by atoms with E-state index < -0.39 is 6.23 Å². The summed E-state index contributed by atoms with van der Waals surface area (Å²) in [6.07, 6.45) is 1.13. The molecular weight excluding hydrogens is 226 g/mol. The molecule has 0 bridgehead atoms. The van der Waals surface area contributed by atoms with Crippen LogP contribution in [0.2, 0.25) is 0 Å². The van der Waals surface area contributed by atoms with Gasteiger partial charge < -0.3 is 15.4 Å². The molecule has 0 saturated heterocycles. The van der Waals surface area contributed by atoms with Crippen LogP contribution in [-0.2, 0) is 6.42 Å². The van der Waals surface area contributed by atoms with Crippen LogP contribution in [0.15, 0.2) is 30.3 Å². The minimum atomic E-state index is -0.480. The van der Waals surface area contributed by atoms with Gasteiger partial charge in [0.25, 0.3) is 0 Å². The number of fused-ring (bicyclic) bond motifs is 4. The van der Waals surface area contributed by atoms with Gasteiger partial charge in [0.1, 0.15) is 17.7 Å². The maximum Gasteiger partial charge on any atom is 0.140 e. The zero-order chi connectivity index (χ0) is 12.1. The van der Waals surface area contributed by atoms with Crippen LogP contribution in [0.5, 0.6) is 0 Å². The van der Waals surface area contributed by atoms with Gasteiger partial charge in [0.15, 0.2) is 0 Å². The molecule has 1 aromatic carbocycles. The third-order valence-corrected chi connectivity index (χ3v) is 3.56. The van der Waals surface area contributed by atoms with Crippen molar-refractivity contribution in [3.05, 3.63) is 35.9 Å². The van der Waals surface area contributed by atoms with Crippen LogP contribution in [-0.4, -0.2) is 21.3 Å². The Labute approximate surface area is 104 Å². The number of aromatic amines is 1. The number of pyridine rings is 1. The molecule has 2 aromatic heterocycles. The molecule has 0 saturated carbocycles. The number of H-pyrrole nitrogens is 1. The summed E-state index contributed by atoms with van der Waals surface area (Å²) in [5, 5.41) is 15.0. The van der Waals surface area contributed by atoms with Crippen LogP contribution in [0.1, 0.15) is 12.0 Å². The summed E-state index contributed by atoms with van der Waals surface area (Å²) >= 11 is 0. The lowest BCUT2D eigenvalue weighted by molar-refractivity contribution is 0.188. The molecule has 0 spiro atoms. The van der Waals surface area contributed by atoms with E-state index in [1.165, 1.54) is 10.9 Å². The molecule has 0 aliphatic carbocycles. The van der Waals surface area contributed by atoms with E-state index in [-0.39, 0.29) is 0 Å². The van der Waals surface area contributed by atoms with Gasteiger partial charge in [0.2, 0.25) is 0 Å². The Hall–Kier alpha value is -2.07. The topological polar surface area (TPSA) is 60.9 Å². The molecule has 3 heterocycles. The molecule has 4 rings (SSSR count). The number of rotatable bonds is 0. The summed E-state index contributed by atoms with van der Waals surface area (Å²) in [5.41, 5.74) is 3.15. The van der Waals surface area contributed by atoms with Crippen LogP contribution in [0.4, 0.5) is 5.82 Å². The molecular formula is C14H13N3O. The van der Waals surface area contributed by atoms with Crippen molar-refractivity contribution in [3.63, 3.8) is 0 Å². The number of nitrogens with one attached hydrogen (secondary N) is 2. The van der Waals surface area contributed by atoms with E-state index in [4.69, 9.17) is 0 Å². The minimum Gasteiger partial charge on any atom is -0.374 e. The monoisotopic (exact) mass is 239 g/mol. The van der Waals surface area contributed by atoms with E-state index in [9.17, 15) is 5.11 Å². The summed E-state index contributed by atoms with van der Waals surface area (Å²) in [4.78, 5) is 7.89. The maximum absolute atomic E-state index is 9.61. The van der Waals surface area contributed by atoms with Gasteiger partial charge in [-0.05, 0) is 30.5 Å². The fourth-order valence-electron chi connectivity index (χ4n) is 2.65. The van der Waals surface area contributed by atoms with E-state index in [1.54, 1.807) is 0 Å². The molecule has 3 N–H and O–H groups in total. The van der Waals surface area contributed by atoms with E-state index >= 15 is 0 Å². The highest BCUT2D eigenvalue weighted by molar-refractivity contribution is 6.06. The second-order valence-electron chi connectivity index (χ2n) is 4.76. The molecule has 1 atom stereocenters. The fraction of sp³-hybridized carbons (Fsp3) is 0.214. The maximum atomic E-state index is 9.61. The van der Waals surface area contributed by atoms with Crippen molar-refractivity contribution >= 4 is 27.8 Å². The number of nitrogens with zero attached hydrogens (tertiary/aromatic N) is 1. The smallest absolute Gasteiger partial charge is 0.140 e. The largest absolute Gasteiger partial charge is 0.374 e. The summed E-state index contributed by atoms with van der Waals surface area (Å²) in [7, 11) is 0. The first-order valence-electron chi connectivity index (χ1n) is 6.16. The van der Waals surface area contributed by atoms with Crippen LogP contribution in [0, 0.1) is 0 Å². The summed E-state index contributed by atoms with van der Waals surface area (Å²) in [6, 6.07) is 10.4. The molecule has 0 fully saturated rings. The average molecular weight is 239 g/mol. The van der Waals surface area contributed by atoms with Crippen molar-refractivity contribution < 1.29 is 5.11 Å². The van der Waals surface area contributed by atoms with Crippen molar-refractivity contribution in [2.45, 2.75) is 19.1 Å². The van der Waals surface area contributed by atoms with Crippen LogP contribution >= 0.6 is 0 Å². The van der Waals surface area contributed by atoms with Crippen LogP contribution in [0.25, 0.3) is 21.9 Å². The number of aliphatic hydroxyl groups is 1. The lowest BCUT2D eigenvalue weighted by atomic mass is 10.0. The number of para-hydroxylation sites is 1. The molecule has 18 heavy (non-hydrogen) atoms. The third-order valence-electron chi connectivity index (χ3n) is 3.56. The predicted molar refractivity (Wildman–Crippen MR) is 71.6 cm³/mol. The van der Waals surface area contributed by atoms with Crippen molar-refractivity contribution in [1.29, 1.82) is 0 Å². The summed E-state index contributed by atoms with van der Waals surface area (Å²) in [6.45, 7) is 0. The fourth-order valence-corrected chi connectivity index (χ4v) is 2.65. The van der Waals surface area contributed by atoms with Gasteiger partial charge in [0.05, 0.1) is 0 Å². The number of benzene rings is 1. The van der Waals surface area contributed by atoms with Crippen molar-refractivity contribution in [1.82, 2.24) is 9.97 Å². The van der Waals surface area contributed by atoms with Gasteiger partial charge in [-0.2, -0.15) is 0 Å². The Bertz CT molecular complexity index is 747. The highest BCUT2D eigenvalue weighted by Gasteiger charge is 2.18. The molecule has 0 radical (unpaired) electrons. The molecule has 4 nitrogen and oxygen atoms in total. The number of hydrogen-bond donors (Lipinski definition) is 3. The Morgan fingerprint density at radius 3 is 3.06 bits per heavy atom. The highest BCUT2D eigenvalue weighted by atomic mass is 16.3. The van der Waals surface area contributed by atoms with Crippen molar-refractivity contribution in [2.75, 3.05) is 5.32 Å². The quantitative estimate of drug-likeness (QED) is 0.564. The number of aromatic nitrogens is 2. The summed E-state index contributed by atoms with van der Waals surface area (Å²) in [5.74, 6) is 0.799. The van der Waals surface area contributed by atoms with Crippen LogP contribution in [0.3, 0.4) is 0 Å². The normalized spacial score (nSPS) is 18.8. The first-order valence-corrected chi connectivity index (χ1v) is 6.16. The van der Waals surface area contributed by atoms with Crippen molar-refractivity contribution in [2.24, 2.45) is 0 Å². The Morgan fingerprint density at radius 1 is 1.22 bits per heavy atom. The molecule has 3 aromatic rings. The molecule has 90 valence electrons. The van der Waals surface area contributed by atoms with E-state index in [1.807, 2.05) is 12.1 Å². The van der Waals surface area contributed by atoms with Crippen molar-refractivity contribution in [3.8, 4) is 0 Å². The minimum absolute atomic E-state index is 0.480. The highest BCUT2D eigenvalue weighted by Crippen LogP contribution is 2.30. The van der Waals surface area contributed by atoms with Crippen LogP contribution < -0.4 is 5.32 Å². The zero-order valence-electron chi connectivity index (χ0n) is 9.77. The van der Waals surface area contributed by atoms with Gasteiger partial charge in [-0.3, -0.25) is 0 Å². The second-order valence-corrected chi connectivity index (χ2v) is 4.76. The number of aliphatic hydroxyl groups excluding tert-OH is 1. The third kappa shape index (κ3) is 1.32. The number of aryl methyl sites for hydroxylation is 1. The second kappa shape index (κ2) is 3.46. The predicted octanol–water partition coefficient (Wildman–Crippen LogP) is 2.39. The van der Waals surface area contributed by atoms with E-state index in [0.717, 1.165) is 35.2 Å². The molecule has 1 aliphatic rings.